The smallest absolute Gasteiger partial charge is 0.233 e. The van der Waals surface area contributed by atoms with E-state index < -0.39 is 11.0 Å². The van der Waals surface area contributed by atoms with Crippen molar-refractivity contribution in [3.8, 4) is 0 Å². The van der Waals surface area contributed by atoms with Gasteiger partial charge in [0.25, 0.3) is 0 Å². The number of aliphatic hydroxyl groups is 1. The van der Waals surface area contributed by atoms with Gasteiger partial charge in [0, 0.05) is 12.1 Å². The van der Waals surface area contributed by atoms with Crippen LogP contribution in [0, 0.1) is 0 Å². The molecule has 0 bridgehead atoms. The lowest BCUT2D eigenvalue weighted by Gasteiger charge is -2.36. The monoisotopic (exact) mass is 281 g/mol. The van der Waals surface area contributed by atoms with Crippen molar-refractivity contribution in [2.75, 3.05) is 13.7 Å². The minimum atomic E-state index is -0.543. The van der Waals surface area contributed by atoms with Gasteiger partial charge in [0.2, 0.25) is 5.91 Å². The number of halogens is 1. The molecule has 0 aliphatic heterocycles. The molecule has 1 aliphatic carbocycles. The highest BCUT2D eigenvalue weighted by molar-refractivity contribution is 6.30. The van der Waals surface area contributed by atoms with E-state index in [-0.39, 0.29) is 12.5 Å². The first kappa shape index (κ1) is 14.4. The number of hydrogen-bond acceptors (Lipinski definition) is 2. The fraction of sp³-hybridized carbons (Fsp3) is 0.533. The predicted molar refractivity (Wildman–Crippen MR) is 76.3 cm³/mol. The highest BCUT2D eigenvalue weighted by Gasteiger charge is 2.53. The van der Waals surface area contributed by atoms with Crippen molar-refractivity contribution in [3.63, 3.8) is 0 Å². The molecule has 1 amide bonds. The summed E-state index contributed by atoms with van der Waals surface area (Å²) in [6, 6.07) is 7.49. The van der Waals surface area contributed by atoms with Crippen LogP contribution in [0.2, 0.25) is 5.02 Å². The van der Waals surface area contributed by atoms with E-state index >= 15 is 0 Å². The summed E-state index contributed by atoms with van der Waals surface area (Å²) >= 11 is 5.89. The van der Waals surface area contributed by atoms with Gasteiger partial charge in [-0.05, 0) is 44.4 Å². The van der Waals surface area contributed by atoms with Crippen LogP contribution in [0.1, 0.15) is 32.3 Å². The van der Waals surface area contributed by atoms with Crippen molar-refractivity contribution in [2.24, 2.45) is 0 Å². The molecule has 0 unspecified atom stereocenters. The Hall–Kier alpha value is -1.06. The number of hydrogen-bond donors (Lipinski definition) is 1. The molecule has 0 heterocycles. The summed E-state index contributed by atoms with van der Waals surface area (Å²) in [5.74, 6) is 0.0777. The van der Waals surface area contributed by atoms with Crippen molar-refractivity contribution >= 4 is 17.5 Å². The lowest BCUT2D eigenvalue weighted by Crippen LogP contribution is -2.51. The minimum Gasteiger partial charge on any atom is -0.394 e. The Morgan fingerprint density at radius 2 is 1.89 bits per heavy atom. The van der Waals surface area contributed by atoms with E-state index in [4.69, 9.17) is 11.6 Å². The summed E-state index contributed by atoms with van der Waals surface area (Å²) < 4.78 is 0. The topological polar surface area (TPSA) is 40.5 Å². The number of benzene rings is 1. The number of aliphatic hydroxyl groups excluding tert-OH is 1. The highest BCUT2D eigenvalue weighted by atomic mass is 35.5. The molecule has 1 aromatic carbocycles. The van der Waals surface area contributed by atoms with Crippen LogP contribution in [-0.4, -0.2) is 35.1 Å². The van der Waals surface area contributed by atoms with Crippen molar-refractivity contribution in [2.45, 2.75) is 37.6 Å². The van der Waals surface area contributed by atoms with Gasteiger partial charge in [0.15, 0.2) is 0 Å². The Morgan fingerprint density at radius 1 is 1.37 bits per heavy atom. The Labute approximate surface area is 119 Å². The molecule has 0 aromatic heterocycles. The molecule has 1 aliphatic rings. The van der Waals surface area contributed by atoms with Crippen LogP contribution < -0.4 is 0 Å². The molecule has 19 heavy (non-hydrogen) atoms. The molecular formula is C15H20ClNO2. The lowest BCUT2D eigenvalue weighted by molar-refractivity contribution is -0.138. The van der Waals surface area contributed by atoms with Gasteiger partial charge in [-0.25, -0.2) is 0 Å². The molecular weight excluding hydrogens is 262 g/mol. The zero-order chi connectivity index (χ0) is 14.3. The van der Waals surface area contributed by atoms with E-state index in [1.807, 2.05) is 38.1 Å². The first-order chi connectivity index (χ1) is 8.83. The van der Waals surface area contributed by atoms with Crippen molar-refractivity contribution < 1.29 is 9.90 Å². The summed E-state index contributed by atoms with van der Waals surface area (Å²) in [6.07, 6.45) is 1.72. The van der Waals surface area contributed by atoms with Crippen LogP contribution in [0.5, 0.6) is 0 Å². The molecule has 1 saturated carbocycles. The molecule has 0 radical (unpaired) electrons. The van der Waals surface area contributed by atoms with E-state index in [0.29, 0.717) is 5.02 Å². The zero-order valence-electron chi connectivity index (χ0n) is 11.6. The number of nitrogens with zero attached hydrogens (tertiary/aromatic N) is 1. The lowest BCUT2D eigenvalue weighted by atomic mass is 9.92. The van der Waals surface area contributed by atoms with Crippen LogP contribution >= 0.6 is 11.6 Å². The summed E-state index contributed by atoms with van der Waals surface area (Å²) in [6.45, 7) is 3.68. The van der Waals surface area contributed by atoms with Gasteiger partial charge in [-0.1, -0.05) is 23.7 Å². The van der Waals surface area contributed by atoms with Gasteiger partial charge in [-0.15, -0.1) is 0 Å². The van der Waals surface area contributed by atoms with Gasteiger partial charge in [0.1, 0.15) is 0 Å². The standard InChI is InChI=1S/C15H20ClNO2/c1-14(2,10-18)17(3)13(19)15(8-9-15)11-4-6-12(16)7-5-11/h4-7,18H,8-10H2,1-3H3. The van der Waals surface area contributed by atoms with Crippen LogP contribution in [0.3, 0.4) is 0 Å². The van der Waals surface area contributed by atoms with Gasteiger partial charge >= 0.3 is 0 Å². The Morgan fingerprint density at radius 3 is 2.32 bits per heavy atom. The van der Waals surface area contributed by atoms with Crippen LogP contribution in [0.4, 0.5) is 0 Å². The second-order valence-corrected chi connectivity index (χ2v) is 6.36. The number of likely N-dealkylation sites (N-methyl/N-ethyl adjacent to an activating group) is 1. The van der Waals surface area contributed by atoms with E-state index in [1.54, 1.807) is 11.9 Å². The first-order valence-corrected chi connectivity index (χ1v) is 6.86. The Balaban J connectivity index is 2.26. The summed E-state index contributed by atoms with van der Waals surface area (Å²) in [4.78, 5) is 14.4. The largest absolute Gasteiger partial charge is 0.394 e. The van der Waals surface area contributed by atoms with Gasteiger partial charge in [0.05, 0.1) is 17.6 Å². The van der Waals surface area contributed by atoms with Crippen LogP contribution in [0.25, 0.3) is 0 Å². The molecule has 3 nitrogen and oxygen atoms in total. The average Bonchev–Trinajstić information content (AvgIpc) is 3.19. The normalized spacial score (nSPS) is 17.1. The van der Waals surface area contributed by atoms with E-state index in [9.17, 15) is 9.90 Å². The van der Waals surface area contributed by atoms with Crippen molar-refractivity contribution in [1.29, 1.82) is 0 Å². The fourth-order valence-corrected chi connectivity index (χ4v) is 2.35. The first-order valence-electron chi connectivity index (χ1n) is 6.49. The second-order valence-electron chi connectivity index (χ2n) is 5.92. The Kier molecular flexibility index (Phi) is 3.63. The quantitative estimate of drug-likeness (QED) is 0.922. The molecule has 0 spiro atoms. The molecule has 1 N–H and O–H groups in total. The number of carbonyl (C=O) groups excluding carboxylic acids is 1. The summed E-state index contributed by atoms with van der Waals surface area (Å²) in [7, 11) is 1.76. The maximum atomic E-state index is 12.7. The second kappa shape index (κ2) is 4.80. The molecule has 1 aromatic rings. The minimum absolute atomic E-state index is 0.0497. The maximum absolute atomic E-state index is 12.7. The fourth-order valence-electron chi connectivity index (χ4n) is 2.22. The van der Waals surface area contributed by atoms with E-state index in [2.05, 4.69) is 0 Å². The molecule has 0 saturated heterocycles. The Bertz CT molecular complexity index is 477. The van der Waals surface area contributed by atoms with Crippen LogP contribution in [0.15, 0.2) is 24.3 Å². The number of amides is 1. The van der Waals surface area contributed by atoms with Crippen molar-refractivity contribution in [3.05, 3.63) is 34.9 Å². The molecule has 4 heteroatoms. The SMILES string of the molecule is CN(C(=O)C1(c2ccc(Cl)cc2)CC1)C(C)(C)CO. The predicted octanol–water partition coefficient (Wildman–Crippen LogP) is 2.60. The maximum Gasteiger partial charge on any atom is 0.233 e. The number of rotatable bonds is 4. The van der Waals surface area contributed by atoms with Gasteiger partial charge in [-0.2, -0.15) is 0 Å². The van der Waals surface area contributed by atoms with Crippen LogP contribution in [-0.2, 0) is 10.2 Å². The summed E-state index contributed by atoms with van der Waals surface area (Å²) in [5.41, 5.74) is 0.0627. The van der Waals surface area contributed by atoms with E-state index in [0.717, 1.165) is 18.4 Å². The van der Waals surface area contributed by atoms with Gasteiger partial charge < -0.3 is 10.0 Å². The van der Waals surface area contributed by atoms with Gasteiger partial charge in [-0.3, -0.25) is 4.79 Å². The molecule has 2 rings (SSSR count). The molecule has 1 fully saturated rings. The highest BCUT2D eigenvalue weighted by Crippen LogP contribution is 2.50. The third kappa shape index (κ3) is 2.49. The zero-order valence-corrected chi connectivity index (χ0v) is 12.4. The average molecular weight is 282 g/mol. The summed E-state index contributed by atoms with van der Waals surface area (Å²) in [5, 5.41) is 10.1. The number of carbonyl (C=O) groups is 1. The third-order valence-corrected chi connectivity index (χ3v) is 4.41. The molecule has 104 valence electrons. The van der Waals surface area contributed by atoms with Crippen molar-refractivity contribution in [1.82, 2.24) is 4.90 Å². The third-order valence-electron chi connectivity index (χ3n) is 4.16. The van der Waals surface area contributed by atoms with E-state index in [1.165, 1.54) is 0 Å². The molecule has 0 atom stereocenters.